The lowest BCUT2D eigenvalue weighted by Crippen LogP contribution is -2.38. The van der Waals surface area contributed by atoms with Gasteiger partial charge in [0.25, 0.3) is 0 Å². The summed E-state index contributed by atoms with van der Waals surface area (Å²) in [5.41, 5.74) is 0.965. The summed E-state index contributed by atoms with van der Waals surface area (Å²) in [5.74, 6) is 1.75. The van der Waals surface area contributed by atoms with Crippen molar-refractivity contribution in [2.75, 3.05) is 14.2 Å². The fourth-order valence-corrected chi connectivity index (χ4v) is 3.60. The zero-order valence-electron chi connectivity index (χ0n) is 15.6. The van der Waals surface area contributed by atoms with Crippen LogP contribution in [0.15, 0.2) is 29.1 Å². The number of hydrogen-bond donors (Lipinski definition) is 0. The van der Waals surface area contributed by atoms with E-state index in [0.717, 1.165) is 30.0 Å². The third-order valence-corrected chi connectivity index (χ3v) is 5.21. The number of aryl methyl sites for hydroxylation is 3. The molecule has 3 rings (SSSR count). The van der Waals surface area contributed by atoms with E-state index in [1.54, 1.807) is 18.7 Å². The third-order valence-electron chi connectivity index (χ3n) is 5.21. The van der Waals surface area contributed by atoms with Crippen LogP contribution in [0.5, 0.6) is 5.75 Å². The normalized spacial score (nSPS) is 16.7. The van der Waals surface area contributed by atoms with Gasteiger partial charge in [-0.2, -0.15) is 5.10 Å². The van der Waals surface area contributed by atoms with Crippen LogP contribution in [0.1, 0.15) is 30.7 Å². The molecule has 0 saturated carbocycles. The van der Waals surface area contributed by atoms with Crippen molar-refractivity contribution in [2.45, 2.75) is 44.7 Å². The van der Waals surface area contributed by atoms with Gasteiger partial charge in [-0.25, -0.2) is 9.48 Å². The number of ether oxygens (including phenoxy) is 1. The van der Waals surface area contributed by atoms with E-state index in [9.17, 15) is 9.59 Å². The minimum atomic E-state index is -0.0780. The van der Waals surface area contributed by atoms with Crippen LogP contribution in [-0.2, 0) is 31.2 Å². The highest BCUT2D eigenvalue weighted by Gasteiger charge is 2.25. The predicted molar refractivity (Wildman–Crippen MR) is 98.3 cm³/mol. The number of hydrogen-bond acceptors (Lipinski definition) is 4. The fourth-order valence-electron chi connectivity index (χ4n) is 3.60. The highest BCUT2D eigenvalue weighted by Crippen LogP contribution is 2.21. The molecule has 0 aliphatic carbocycles. The van der Waals surface area contributed by atoms with Gasteiger partial charge in [0.15, 0.2) is 0 Å². The first-order valence-electron chi connectivity index (χ1n) is 9.01. The molecule has 0 N–H and O–H groups in total. The van der Waals surface area contributed by atoms with Crippen LogP contribution in [0.3, 0.4) is 0 Å². The van der Waals surface area contributed by atoms with Crippen LogP contribution in [-0.4, -0.2) is 45.4 Å². The van der Waals surface area contributed by atoms with Gasteiger partial charge in [0.05, 0.1) is 7.11 Å². The summed E-state index contributed by atoms with van der Waals surface area (Å²) in [6.07, 6.45) is 3.41. The number of rotatable bonds is 5. The number of aromatic nitrogens is 3. The van der Waals surface area contributed by atoms with E-state index in [0.29, 0.717) is 25.8 Å². The second kappa shape index (κ2) is 7.76. The molecule has 0 bridgehead atoms. The maximum atomic E-state index is 12.7. The molecule has 0 fully saturated rings. The van der Waals surface area contributed by atoms with Crippen LogP contribution in [0.4, 0.5) is 0 Å². The highest BCUT2D eigenvalue weighted by atomic mass is 16.5. The molecule has 2 aromatic rings. The molecule has 1 atom stereocenters. The van der Waals surface area contributed by atoms with Gasteiger partial charge in [0.2, 0.25) is 5.91 Å². The van der Waals surface area contributed by atoms with Gasteiger partial charge in [0, 0.05) is 39.5 Å². The monoisotopic (exact) mass is 358 g/mol. The number of amides is 1. The van der Waals surface area contributed by atoms with Crippen LogP contribution < -0.4 is 10.4 Å². The van der Waals surface area contributed by atoms with E-state index in [2.05, 4.69) is 5.10 Å². The van der Waals surface area contributed by atoms with Gasteiger partial charge >= 0.3 is 5.69 Å². The Hall–Kier alpha value is -2.57. The molecule has 26 heavy (non-hydrogen) atoms. The number of fused-ring (bicyclic) bond motifs is 1. The van der Waals surface area contributed by atoms with Gasteiger partial charge in [-0.3, -0.25) is 9.36 Å². The van der Waals surface area contributed by atoms with Crippen LogP contribution >= 0.6 is 0 Å². The molecular formula is C19H26N4O3. The van der Waals surface area contributed by atoms with E-state index in [-0.39, 0.29) is 17.6 Å². The third kappa shape index (κ3) is 3.66. The lowest BCUT2D eigenvalue weighted by molar-refractivity contribution is -0.132. The molecule has 1 aromatic carbocycles. The maximum absolute atomic E-state index is 12.7. The van der Waals surface area contributed by atoms with Crippen molar-refractivity contribution < 1.29 is 9.53 Å². The SMILES string of the molecule is COc1ccccc1CCC(=O)N(C)C1CCc2nn(C)c(=O)n2CC1. The largest absolute Gasteiger partial charge is 0.496 e. The molecular weight excluding hydrogens is 332 g/mol. The Labute approximate surface area is 153 Å². The molecule has 1 unspecified atom stereocenters. The Bertz CT molecular complexity index is 840. The van der Waals surface area contributed by atoms with E-state index in [1.165, 1.54) is 4.68 Å². The van der Waals surface area contributed by atoms with Gasteiger partial charge in [-0.15, -0.1) is 0 Å². The number of nitrogens with zero attached hydrogens (tertiary/aromatic N) is 4. The lowest BCUT2D eigenvalue weighted by atomic mass is 10.0. The van der Waals surface area contributed by atoms with Gasteiger partial charge in [-0.05, 0) is 30.9 Å². The molecule has 1 amide bonds. The summed E-state index contributed by atoms with van der Waals surface area (Å²) < 4.78 is 8.47. The molecule has 7 nitrogen and oxygen atoms in total. The molecule has 7 heteroatoms. The number of methoxy groups -OCH3 is 1. The van der Waals surface area contributed by atoms with Crippen molar-refractivity contribution in [2.24, 2.45) is 7.05 Å². The van der Waals surface area contributed by atoms with E-state index < -0.39 is 0 Å². The van der Waals surface area contributed by atoms with E-state index in [1.807, 2.05) is 36.2 Å². The average Bonchev–Trinajstić information content (AvgIpc) is 2.82. The summed E-state index contributed by atoms with van der Waals surface area (Å²) in [5, 5.41) is 4.29. The van der Waals surface area contributed by atoms with Crippen molar-refractivity contribution in [1.82, 2.24) is 19.2 Å². The minimum Gasteiger partial charge on any atom is -0.496 e. The maximum Gasteiger partial charge on any atom is 0.345 e. The Balaban J connectivity index is 1.60. The first kappa shape index (κ1) is 18.2. The van der Waals surface area contributed by atoms with Crippen molar-refractivity contribution in [1.29, 1.82) is 0 Å². The zero-order valence-corrected chi connectivity index (χ0v) is 15.6. The zero-order chi connectivity index (χ0) is 18.7. The van der Waals surface area contributed by atoms with Gasteiger partial charge in [0.1, 0.15) is 11.6 Å². The highest BCUT2D eigenvalue weighted by molar-refractivity contribution is 5.76. The van der Waals surface area contributed by atoms with Crippen molar-refractivity contribution in [3.8, 4) is 5.75 Å². The topological polar surface area (TPSA) is 69.4 Å². The van der Waals surface area contributed by atoms with Crippen molar-refractivity contribution >= 4 is 5.91 Å². The van der Waals surface area contributed by atoms with E-state index in [4.69, 9.17) is 4.74 Å². The predicted octanol–water partition coefficient (Wildman–Crippen LogP) is 1.39. The minimum absolute atomic E-state index is 0.0780. The number of carbonyl (C=O) groups is 1. The van der Waals surface area contributed by atoms with Gasteiger partial charge in [-0.1, -0.05) is 18.2 Å². The Kier molecular flexibility index (Phi) is 5.44. The number of para-hydroxylation sites is 1. The summed E-state index contributed by atoms with van der Waals surface area (Å²) in [7, 11) is 5.18. The summed E-state index contributed by atoms with van der Waals surface area (Å²) in [6.45, 7) is 0.608. The van der Waals surface area contributed by atoms with Crippen LogP contribution in [0.2, 0.25) is 0 Å². The molecule has 140 valence electrons. The van der Waals surface area contributed by atoms with Crippen molar-refractivity contribution in [3.05, 3.63) is 46.1 Å². The summed E-state index contributed by atoms with van der Waals surface area (Å²) >= 11 is 0. The van der Waals surface area contributed by atoms with Crippen LogP contribution in [0.25, 0.3) is 0 Å². The fraction of sp³-hybridized carbons (Fsp3) is 0.526. The molecule has 0 spiro atoms. The molecule has 0 radical (unpaired) electrons. The standard InChI is InChI=1S/C19H26N4O3/c1-21(18(24)11-8-14-6-4-5-7-16(14)26-3)15-9-10-17-20-22(2)19(25)23(17)13-12-15/h4-7,15H,8-13H2,1-3H3. The number of benzene rings is 1. The Morgan fingerprint density at radius 1 is 1.35 bits per heavy atom. The van der Waals surface area contributed by atoms with Crippen LogP contribution in [0, 0.1) is 0 Å². The summed E-state index contributed by atoms with van der Waals surface area (Å²) in [4.78, 5) is 26.6. The molecule has 1 aromatic heterocycles. The Morgan fingerprint density at radius 2 is 2.12 bits per heavy atom. The first-order valence-corrected chi connectivity index (χ1v) is 9.01. The first-order chi connectivity index (χ1) is 12.5. The van der Waals surface area contributed by atoms with Gasteiger partial charge < -0.3 is 9.64 Å². The second-order valence-electron chi connectivity index (χ2n) is 6.77. The smallest absolute Gasteiger partial charge is 0.345 e. The molecule has 1 aliphatic heterocycles. The summed E-state index contributed by atoms with van der Waals surface area (Å²) in [6, 6.07) is 7.92. The average molecular weight is 358 g/mol. The number of carbonyl (C=O) groups excluding carboxylic acids is 1. The molecule has 1 aliphatic rings. The molecule has 0 saturated heterocycles. The lowest BCUT2D eigenvalue weighted by Gasteiger charge is -2.27. The Morgan fingerprint density at radius 3 is 2.88 bits per heavy atom. The quantitative estimate of drug-likeness (QED) is 0.810. The molecule has 2 heterocycles. The second-order valence-corrected chi connectivity index (χ2v) is 6.77. The van der Waals surface area contributed by atoms with Crippen molar-refractivity contribution in [3.63, 3.8) is 0 Å². The van der Waals surface area contributed by atoms with E-state index >= 15 is 0 Å².